The highest BCUT2D eigenvalue weighted by Gasteiger charge is 2.35. The van der Waals surface area contributed by atoms with Crippen molar-refractivity contribution in [3.63, 3.8) is 0 Å². The second-order valence-corrected chi connectivity index (χ2v) is 7.73. The number of primary amides is 1. The Morgan fingerprint density at radius 2 is 2.06 bits per heavy atom. The molecule has 0 atom stereocenters. The minimum absolute atomic E-state index is 0.102. The van der Waals surface area contributed by atoms with Crippen molar-refractivity contribution in [2.24, 2.45) is 5.73 Å². The summed E-state index contributed by atoms with van der Waals surface area (Å²) in [5, 5.41) is 8.84. The molecule has 158 valence electrons. The van der Waals surface area contributed by atoms with E-state index in [-0.39, 0.29) is 22.3 Å². The lowest BCUT2D eigenvalue weighted by molar-refractivity contribution is -0.127. The fraction of sp³-hybridized carbons (Fsp3) is 0.143. The number of hydrogen-bond donors (Lipinski definition) is 1. The first-order valence-corrected chi connectivity index (χ1v) is 10.1. The second-order valence-electron chi connectivity index (χ2n) is 6.33. The number of methoxy groups -OCH3 is 1. The molecule has 3 amide bonds. The number of nitrogens with two attached hydrogens (primary N) is 1. The van der Waals surface area contributed by atoms with Gasteiger partial charge in [-0.3, -0.25) is 19.3 Å². The SMILES string of the molecule is COc1cc(/C=C2\SC(=O)N(CC(N)=O)C2=O)cc(Cl)c1OCc1ccccc1C#N. The van der Waals surface area contributed by atoms with Gasteiger partial charge < -0.3 is 15.2 Å². The van der Waals surface area contributed by atoms with Gasteiger partial charge in [-0.1, -0.05) is 29.8 Å². The van der Waals surface area contributed by atoms with Crippen molar-refractivity contribution < 1.29 is 23.9 Å². The summed E-state index contributed by atoms with van der Waals surface area (Å²) in [6.07, 6.45) is 1.47. The molecule has 8 nitrogen and oxygen atoms in total. The molecular weight excluding hydrogens is 442 g/mol. The molecule has 0 saturated carbocycles. The maximum atomic E-state index is 12.4. The summed E-state index contributed by atoms with van der Waals surface area (Å²) < 4.78 is 11.2. The topological polar surface area (TPSA) is 123 Å². The van der Waals surface area contributed by atoms with Gasteiger partial charge in [-0.25, -0.2) is 0 Å². The molecule has 1 saturated heterocycles. The maximum Gasteiger partial charge on any atom is 0.294 e. The first-order chi connectivity index (χ1) is 14.8. The molecule has 31 heavy (non-hydrogen) atoms. The number of carbonyl (C=O) groups excluding carboxylic acids is 3. The summed E-state index contributed by atoms with van der Waals surface area (Å²) in [6.45, 7) is -0.381. The second kappa shape index (κ2) is 9.55. The molecule has 0 radical (unpaired) electrons. The highest BCUT2D eigenvalue weighted by Crippen LogP contribution is 2.39. The van der Waals surface area contributed by atoms with Crippen molar-refractivity contribution in [2.75, 3.05) is 13.7 Å². The smallest absolute Gasteiger partial charge is 0.294 e. The zero-order chi connectivity index (χ0) is 22.5. The molecule has 1 aliphatic heterocycles. The predicted octanol–water partition coefficient (Wildman–Crippen LogP) is 3.32. The van der Waals surface area contributed by atoms with Crippen LogP contribution in [0.25, 0.3) is 6.08 Å². The van der Waals surface area contributed by atoms with Crippen molar-refractivity contribution >= 4 is 46.5 Å². The van der Waals surface area contributed by atoms with Gasteiger partial charge >= 0.3 is 0 Å². The van der Waals surface area contributed by atoms with E-state index in [9.17, 15) is 19.6 Å². The summed E-state index contributed by atoms with van der Waals surface area (Å²) >= 11 is 7.07. The number of thioether (sulfide) groups is 1. The van der Waals surface area contributed by atoms with Gasteiger partial charge in [0.15, 0.2) is 11.5 Å². The number of nitrogens with zero attached hydrogens (tertiary/aromatic N) is 2. The Morgan fingerprint density at radius 1 is 1.32 bits per heavy atom. The average molecular weight is 458 g/mol. The number of ether oxygens (including phenoxy) is 2. The van der Waals surface area contributed by atoms with E-state index in [1.807, 2.05) is 0 Å². The summed E-state index contributed by atoms with van der Waals surface area (Å²) in [5.41, 5.74) is 6.75. The molecule has 0 bridgehead atoms. The Balaban J connectivity index is 1.85. The standard InChI is InChI=1S/C21H16ClN3O5S/c1-29-16-7-12(8-17-20(27)25(10-18(24)26)21(28)31-17)6-15(22)19(16)30-11-14-5-3-2-4-13(14)9-23/h2-8H,10-11H2,1H3,(H2,24,26)/b17-8-. The van der Waals surface area contributed by atoms with Crippen molar-refractivity contribution in [3.05, 3.63) is 63.0 Å². The van der Waals surface area contributed by atoms with Crippen LogP contribution in [0, 0.1) is 11.3 Å². The van der Waals surface area contributed by atoms with Crippen molar-refractivity contribution in [1.82, 2.24) is 4.90 Å². The average Bonchev–Trinajstić information content (AvgIpc) is 2.99. The first-order valence-electron chi connectivity index (χ1n) is 8.86. The van der Waals surface area contributed by atoms with Gasteiger partial charge in [0, 0.05) is 5.56 Å². The van der Waals surface area contributed by atoms with E-state index in [0.717, 1.165) is 4.90 Å². The fourth-order valence-electron chi connectivity index (χ4n) is 2.81. The van der Waals surface area contributed by atoms with Gasteiger partial charge in [0.05, 0.1) is 28.7 Å². The van der Waals surface area contributed by atoms with Crippen LogP contribution in [0.3, 0.4) is 0 Å². The number of carbonyl (C=O) groups is 3. The zero-order valence-electron chi connectivity index (χ0n) is 16.3. The molecular formula is C21H16ClN3O5S. The molecule has 0 spiro atoms. The third-order valence-electron chi connectivity index (χ3n) is 4.25. The highest BCUT2D eigenvalue weighted by atomic mass is 35.5. The Kier molecular flexibility index (Phi) is 6.84. The van der Waals surface area contributed by atoms with Crippen molar-refractivity contribution in [2.45, 2.75) is 6.61 Å². The van der Waals surface area contributed by atoms with Gasteiger partial charge in [-0.15, -0.1) is 0 Å². The monoisotopic (exact) mass is 457 g/mol. The van der Waals surface area contributed by atoms with E-state index in [1.54, 1.807) is 36.4 Å². The number of halogens is 1. The summed E-state index contributed by atoms with van der Waals surface area (Å²) in [7, 11) is 1.44. The third kappa shape index (κ3) is 4.99. The molecule has 2 aromatic carbocycles. The van der Waals surface area contributed by atoms with Crippen LogP contribution in [0.1, 0.15) is 16.7 Å². The van der Waals surface area contributed by atoms with Gasteiger partial charge in [0.1, 0.15) is 13.2 Å². The van der Waals surface area contributed by atoms with E-state index in [4.69, 9.17) is 26.8 Å². The van der Waals surface area contributed by atoms with Crippen LogP contribution >= 0.6 is 23.4 Å². The molecule has 2 aromatic rings. The molecule has 10 heteroatoms. The number of hydrogen-bond acceptors (Lipinski definition) is 7. The number of imide groups is 1. The van der Waals surface area contributed by atoms with E-state index < -0.39 is 23.6 Å². The van der Waals surface area contributed by atoms with Crippen LogP contribution < -0.4 is 15.2 Å². The van der Waals surface area contributed by atoms with E-state index >= 15 is 0 Å². The molecule has 0 aliphatic carbocycles. The van der Waals surface area contributed by atoms with Gasteiger partial charge in [0.2, 0.25) is 5.91 Å². The third-order valence-corrected chi connectivity index (χ3v) is 5.44. The lowest BCUT2D eigenvalue weighted by atomic mass is 10.1. The summed E-state index contributed by atoms with van der Waals surface area (Å²) in [4.78, 5) is 36.3. The number of amides is 3. The predicted molar refractivity (Wildman–Crippen MR) is 115 cm³/mol. The normalized spacial score (nSPS) is 14.6. The van der Waals surface area contributed by atoms with E-state index in [0.29, 0.717) is 34.2 Å². The van der Waals surface area contributed by atoms with Crippen LogP contribution in [0.5, 0.6) is 11.5 Å². The molecule has 1 fully saturated rings. The van der Waals surface area contributed by atoms with Crippen LogP contribution in [-0.2, 0) is 16.2 Å². The Labute approximate surface area is 187 Å². The van der Waals surface area contributed by atoms with Crippen LogP contribution in [0.4, 0.5) is 4.79 Å². The Morgan fingerprint density at radius 3 is 2.74 bits per heavy atom. The molecule has 0 unspecified atom stereocenters. The first kappa shape index (κ1) is 22.2. The van der Waals surface area contributed by atoms with Crippen LogP contribution in [0.15, 0.2) is 41.3 Å². The molecule has 1 aliphatic rings. The minimum atomic E-state index is -0.785. The number of benzene rings is 2. The van der Waals surface area contributed by atoms with Gasteiger partial charge in [-0.2, -0.15) is 5.26 Å². The molecule has 2 N–H and O–H groups in total. The summed E-state index contributed by atoms with van der Waals surface area (Å²) in [5.74, 6) is -0.814. The zero-order valence-corrected chi connectivity index (χ0v) is 17.8. The van der Waals surface area contributed by atoms with Crippen LogP contribution in [0.2, 0.25) is 5.02 Å². The fourth-order valence-corrected chi connectivity index (χ4v) is 3.92. The van der Waals surface area contributed by atoms with Gasteiger partial charge in [0.25, 0.3) is 11.1 Å². The van der Waals surface area contributed by atoms with Crippen molar-refractivity contribution in [1.29, 1.82) is 5.26 Å². The maximum absolute atomic E-state index is 12.4. The number of nitriles is 1. The molecule has 1 heterocycles. The summed E-state index contributed by atoms with van der Waals surface area (Å²) in [6, 6.07) is 12.3. The van der Waals surface area contributed by atoms with Gasteiger partial charge in [-0.05, 0) is 41.6 Å². The molecule has 3 rings (SSSR count). The van der Waals surface area contributed by atoms with Crippen molar-refractivity contribution in [3.8, 4) is 17.6 Å². The van der Waals surface area contributed by atoms with E-state index in [1.165, 1.54) is 13.2 Å². The Hall–Kier alpha value is -3.48. The number of rotatable bonds is 7. The lowest BCUT2D eigenvalue weighted by Gasteiger charge is -2.14. The highest BCUT2D eigenvalue weighted by molar-refractivity contribution is 8.18. The van der Waals surface area contributed by atoms with Crippen LogP contribution in [-0.4, -0.2) is 35.6 Å². The quantitative estimate of drug-likeness (QED) is 0.632. The lowest BCUT2D eigenvalue weighted by Crippen LogP contribution is -2.36. The minimum Gasteiger partial charge on any atom is -0.493 e. The van der Waals surface area contributed by atoms with E-state index in [2.05, 4.69) is 6.07 Å². The largest absolute Gasteiger partial charge is 0.493 e. The molecule has 0 aromatic heterocycles. The Bertz CT molecular complexity index is 1140.